The molecule has 1 aliphatic rings. The molecule has 1 atom stereocenters. The predicted molar refractivity (Wildman–Crippen MR) is 67.0 cm³/mol. The number of thioether (sulfide) groups is 1. The van der Waals surface area contributed by atoms with Crippen LogP contribution >= 0.6 is 11.8 Å². The van der Waals surface area contributed by atoms with Crippen LogP contribution in [0.3, 0.4) is 0 Å². The van der Waals surface area contributed by atoms with Crippen LogP contribution in [0.25, 0.3) is 0 Å². The van der Waals surface area contributed by atoms with Gasteiger partial charge in [-0.2, -0.15) is 11.8 Å². The van der Waals surface area contributed by atoms with Gasteiger partial charge in [0, 0.05) is 29.6 Å². The first-order chi connectivity index (χ1) is 6.23. The lowest BCUT2D eigenvalue weighted by Gasteiger charge is -2.49. The molecule has 0 unspecified atom stereocenters. The molecule has 1 rings (SSSR count). The van der Waals surface area contributed by atoms with Crippen molar-refractivity contribution < 1.29 is 0 Å². The fraction of sp³-hybridized carbons (Fsp3) is 1.00. The predicted octanol–water partition coefficient (Wildman–Crippen LogP) is 3.25. The molecule has 0 aliphatic carbocycles. The van der Waals surface area contributed by atoms with E-state index in [4.69, 9.17) is 0 Å². The van der Waals surface area contributed by atoms with Crippen molar-refractivity contribution in [1.82, 2.24) is 4.90 Å². The Kier molecular flexibility index (Phi) is 3.58. The summed E-state index contributed by atoms with van der Waals surface area (Å²) < 4.78 is 0. The van der Waals surface area contributed by atoms with Crippen molar-refractivity contribution in [2.45, 2.75) is 53.1 Å². The second-order valence-electron chi connectivity index (χ2n) is 6.32. The molecule has 0 saturated carbocycles. The molecule has 1 aliphatic heterocycles. The zero-order valence-electron chi connectivity index (χ0n) is 10.6. The molecule has 2 heteroatoms. The second kappa shape index (κ2) is 4.05. The highest BCUT2D eigenvalue weighted by Crippen LogP contribution is 2.34. The zero-order chi connectivity index (χ0) is 11.0. The molecule has 0 radical (unpaired) electrons. The Balaban J connectivity index is 2.80. The largest absolute Gasteiger partial charge is 0.293 e. The van der Waals surface area contributed by atoms with E-state index in [1.807, 2.05) is 0 Å². The summed E-state index contributed by atoms with van der Waals surface area (Å²) in [6.07, 6.45) is 0. The lowest BCUT2D eigenvalue weighted by molar-refractivity contribution is 0.0377. The average Bonchev–Trinajstić information content (AvgIpc) is 2.01. The number of rotatable bonds is 0. The number of hydrogen-bond donors (Lipinski definition) is 0. The van der Waals surface area contributed by atoms with Gasteiger partial charge in [-0.1, -0.05) is 20.8 Å². The van der Waals surface area contributed by atoms with Crippen LogP contribution in [0.4, 0.5) is 0 Å². The molecular weight excluding hydrogens is 190 g/mol. The monoisotopic (exact) mass is 215 g/mol. The third kappa shape index (κ3) is 2.90. The average molecular weight is 215 g/mol. The lowest BCUT2D eigenvalue weighted by Crippen LogP contribution is -2.57. The first-order valence-electron chi connectivity index (χ1n) is 5.57. The van der Waals surface area contributed by atoms with E-state index in [1.54, 1.807) is 0 Å². The van der Waals surface area contributed by atoms with E-state index in [0.717, 1.165) is 6.04 Å². The highest BCUT2D eigenvalue weighted by Gasteiger charge is 2.37. The van der Waals surface area contributed by atoms with E-state index in [9.17, 15) is 0 Å². The molecule has 0 aromatic carbocycles. The maximum atomic E-state index is 2.68. The van der Waals surface area contributed by atoms with Crippen molar-refractivity contribution in [3.8, 4) is 0 Å². The fourth-order valence-corrected chi connectivity index (χ4v) is 3.52. The summed E-state index contributed by atoms with van der Waals surface area (Å²) >= 11 is 2.11. The van der Waals surface area contributed by atoms with Gasteiger partial charge in [0.2, 0.25) is 0 Å². The van der Waals surface area contributed by atoms with Gasteiger partial charge in [0.25, 0.3) is 0 Å². The van der Waals surface area contributed by atoms with Gasteiger partial charge in [-0.05, 0) is 26.2 Å². The van der Waals surface area contributed by atoms with Gasteiger partial charge in [-0.15, -0.1) is 0 Å². The van der Waals surface area contributed by atoms with Crippen molar-refractivity contribution in [2.24, 2.45) is 5.41 Å². The Morgan fingerprint density at radius 1 is 1.07 bits per heavy atom. The summed E-state index contributed by atoms with van der Waals surface area (Å²) in [4.78, 5) is 2.68. The van der Waals surface area contributed by atoms with Crippen LogP contribution in [-0.4, -0.2) is 34.5 Å². The molecule has 0 N–H and O–H groups in total. The van der Waals surface area contributed by atoms with Gasteiger partial charge < -0.3 is 0 Å². The lowest BCUT2D eigenvalue weighted by atomic mass is 9.84. The van der Waals surface area contributed by atoms with Gasteiger partial charge in [0.15, 0.2) is 0 Å². The minimum atomic E-state index is 0.318. The molecule has 1 fully saturated rings. The maximum Gasteiger partial charge on any atom is 0.0240 e. The van der Waals surface area contributed by atoms with Gasteiger partial charge >= 0.3 is 0 Å². The van der Waals surface area contributed by atoms with E-state index in [2.05, 4.69) is 58.2 Å². The summed E-state index contributed by atoms with van der Waals surface area (Å²) in [5.41, 5.74) is 0.722. The smallest absolute Gasteiger partial charge is 0.0240 e. The van der Waals surface area contributed by atoms with Crippen molar-refractivity contribution in [3.05, 3.63) is 0 Å². The molecule has 1 saturated heterocycles. The molecule has 84 valence electrons. The standard InChI is InChI=1S/C12H25NS/c1-11(2,3)10-9-14-8-7-13(10)12(4,5)6/h10H,7-9H2,1-6H3/t10-/m1/s1. The van der Waals surface area contributed by atoms with E-state index in [0.29, 0.717) is 11.0 Å². The Morgan fingerprint density at radius 2 is 1.64 bits per heavy atom. The van der Waals surface area contributed by atoms with E-state index in [1.165, 1.54) is 18.1 Å². The van der Waals surface area contributed by atoms with Crippen molar-refractivity contribution in [1.29, 1.82) is 0 Å². The third-order valence-electron chi connectivity index (χ3n) is 2.99. The summed E-state index contributed by atoms with van der Waals surface area (Å²) in [5, 5.41) is 0. The quantitative estimate of drug-likeness (QED) is 0.610. The van der Waals surface area contributed by atoms with Crippen molar-refractivity contribution in [2.75, 3.05) is 18.1 Å². The normalized spacial score (nSPS) is 26.6. The number of nitrogens with zero attached hydrogens (tertiary/aromatic N) is 1. The van der Waals surface area contributed by atoms with E-state index < -0.39 is 0 Å². The molecular formula is C12H25NS. The fourth-order valence-electron chi connectivity index (χ4n) is 2.12. The second-order valence-corrected chi connectivity index (χ2v) is 7.47. The molecule has 0 spiro atoms. The molecule has 0 aromatic rings. The van der Waals surface area contributed by atoms with Gasteiger partial charge in [-0.25, -0.2) is 0 Å². The van der Waals surface area contributed by atoms with Gasteiger partial charge in [-0.3, -0.25) is 4.90 Å². The maximum absolute atomic E-state index is 2.68. The van der Waals surface area contributed by atoms with Crippen LogP contribution in [0, 0.1) is 5.41 Å². The Bertz CT molecular complexity index is 165. The van der Waals surface area contributed by atoms with Crippen LogP contribution in [0.15, 0.2) is 0 Å². The molecule has 14 heavy (non-hydrogen) atoms. The van der Waals surface area contributed by atoms with Crippen LogP contribution in [0.1, 0.15) is 41.5 Å². The molecule has 1 nitrogen and oxygen atoms in total. The summed E-state index contributed by atoms with van der Waals surface area (Å²) in [7, 11) is 0. The molecule has 0 bridgehead atoms. The highest BCUT2D eigenvalue weighted by molar-refractivity contribution is 7.99. The summed E-state index contributed by atoms with van der Waals surface area (Å²) in [5.74, 6) is 2.59. The minimum Gasteiger partial charge on any atom is -0.293 e. The van der Waals surface area contributed by atoms with E-state index >= 15 is 0 Å². The first kappa shape index (κ1) is 12.4. The van der Waals surface area contributed by atoms with Gasteiger partial charge in [0.05, 0.1) is 0 Å². The SMILES string of the molecule is CC(C)(C)[C@H]1CSCCN1C(C)(C)C. The topological polar surface area (TPSA) is 3.24 Å². The van der Waals surface area contributed by atoms with E-state index in [-0.39, 0.29) is 0 Å². The zero-order valence-corrected chi connectivity index (χ0v) is 11.4. The van der Waals surface area contributed by atoms with Gasteiger partial charge in [0.1, 0.15) is 0 Å². The minimum absolute atomic E-state index is 0.318. The highest BCUT2D eigenvalue weighted by atomic mass is 32.2. The Labute approximate surface area is 93.6 Å². The Hall–Kier alpha value is 0.310. The van der Waals surface area contributed by atoms with Crippen molar-refractivity contribution in [3.63, 3.8) is 0 Å². The molecule has 1 heterocycles. The molecule has 0 amide bonds. The first-order valence-corrected chi connectivity index (χ1v) is 6.73. The third-order valence-corrected chi connectivity index (χ3v) is 4.01. The van der Waals surface area contributed by atoms with Crippen LogP contribution in [0.2, 0.25) is 0 Å². The summed E-state index contributed by atoms with van der Waals surface area (Å²) in [6, 6.07) is 0.723. The van der Waals surface area contributed by atoms with Crippen molar-refractivity contribution >= 4 is 11.8 Å². The van der Waals surface area contributed by atoms with Crippen LogP contribution in [0.5, 0.6) is 0 Å². The molecule has 0 aromatic heterocycles. The van der Waals surface area contributed by atoms with Crippen LogP contribution < -0.4 is 0 Å². The van der Waals surface area contributed by atoms with Crippen LogP contribution in [-0.2, 0) is 0 Å². The number of hydrogen-bond acceptors (Lipinski definition) is 2. The summed E-state index contributed by atoms with van der Waals surface area (Å²) in [6.45, 7) is 15.3. The Morgan fingerprint density at radius 3 is 2.00 bits per heavy atom.